The lowest BCUT2D eigenvalue weighted by Crippen LogP contribution is -2.01. The number of hydrogen-bond acceptors (Lipinski definition) is 3. The number of fused-ring (bicyclic) bond motifs is 1. The Balaban J connectivity index is 2.21. The topological polar surface area (TPSA) is 47.3 Å². The van der Waals surface area contributed by atoms with Crippen LogP contribution in [-0.4, -0.2) is 14.2 Å². The van der Waals surface area contributed by atoms with Crippen molar-refractivity contribution in [1.29, 1.82) is 0 Å². The molecule has 80 valence electrons. The lowest BCUT2D eigenvalue weighted by atomic mass is 10.1. The van der Waals surface area contributed by atoms with E-state index in [1.54, 1.807) is 30.5 Å². The highest BCUT2D eigenvalue weighted by Crippen LogP contribution is 2.17. The summed E-state index contributed by atoms with van der Waals surface area (Å²) in [6.07, 6.45) is 1.74. The van der Waals surface area contributed by atoms with Crippen LogP contribution in [0.3, 0.4) is 0 Å². The van der Waals surface area contributed by atoms with E-state index in [0.29, 0.717) is 0 Å². The maximum Gasteiger partial charge on any atom is 0.302 e. The van der Waals surface area contributed by atoms with Crippen LogP contribution in [0.4, 0.5) is 3.89 Å². The lowest BCUT2D eigenvalue weighted by molar-refractivity contribution is 0.551. The molecule has 15 heavy (non-hydrogen) atoms. The minimum Gasteiger partial charge on any atom is -0.464 e. The Labute approximate surface area is 86.7 Å². The van der Waals surface area contributed by atoms with Gasteiger partial charge in [0.25, 0.3) is 0 Å². The molecule has 0 fully saturated rings. The largest absolute Gasteiger partial charge is 0.464 e. The van der Waals surface area contributed by atoms with Gasteiger partial charge in [0.1, 0.15) is 5.58 Å². The summed E-state index contributed by atoms with van der Waals surface area (Å²) in [5.41, 5.74) is 1.52. The van der Waals surface area contributed by atoms with Gasteiger partial charge in [0.2, 0.25) is 0 Å². The Morgan fingerprint density at radius 3 is 2.80 bits per heavy atom. The van der Waals surface area contributed by atoms with Gasteiger partial charge in [-0.3, -0.25) is 0 Å². The van der Waals surface area contributed by atoms with Gasteiger partial charge in [-0.1, -0.05) is 6.07 Å². The zero-order valence-electron chi connectivity index (χ0n) is 7.81. The normalized spacial score (nSPS) is 12.1. The Kier molecular flexibility index (Phi) is 2.48. The summed E-state index contributed by atoms with van der Waals surface area (Å²) in [6.45, 7) is 0. The second-order valence-corrected chi connectivity index (χ2v) is 4.77. The van der Waals surface area contributed by atoms with Crippen LogP contribution in [-0.2, 0) is 16.6 Å². The molecule has 0 N–H and O–H groups in total. The fourth-order valence-corrected chi connectivity index (χ4v) is 1.89. The Hall–Kier alpha value is -1.36. The van der Waals surface area contributed by atoms with E-state index in [4.69, 9.17) is 4.42 Å². The summed E-state index contributed by atoms with van der Waals surface area (Å²) < 4.78 is 38.1. The maximum absolute atomic E-state index is 12.3. The van der Waals surface area contributed by atoms with Gasteiger partial charge in [-0.25, -0.2) is 0 Å². The average Bonchev–Trinajstić information content (AvgIpc) is 2.60. The molecule has 1 heterocycles. The number of benzene rings is 1. The van der Waals surface area contributed by atoms with Crippen molar-refractivity contribution in [2.24, 2.45) is 0 Å². The highest BCUT2D eigenvalue weighted by Gasteiger charge is 2.07. The lowest BCUT2D eigenvalue weighted by Gasteiger charge is -1.98. The van der Waals surface area contributed by atoms with E-state index >= 15 is 0 Å². The van der Waals surface area contributed by atoms with Gasteiger partial charge in [-0.15, -0.1) is 3.89 Å². The molecule has 2 aromatic rings. The first-order valence-electron chi connectivity index (χ1n) is 4.43. The van der Waals surface area contributed by atoms with Crippen molar-refractivity contribution in [2.75, 3.05) is 5.75 Å². The highest BCUT2D eigenvalue weighted by atomic mass is 32.3. The SMILES string of the molecule is O=S(=O)(F)CCc1ccc2occc2c1. The van der Waals surface area contributed by atoms with Crippen LogP contribution in [0.5, 0.6) is 0 Å². The van der Waals surface area contributed by atoms with Crippen molar-refractivity contribution in [3.8, 4) is 0 Å². The van der Waals surface area contributed by atoms with Crippen LogP contribution in [0.1, 0.15) is 5.56 Å². The molecule has 0 aliphatic carbocycles. The fraction of sp³-hybridized carbons (Fsp3) is 0.200. The smallest absolute Gasteiger partial charge is 0.302 e. The molecule has 0 radical (unpaired) electrons. The first-order valence-corrected chi connectivity index (χ1v) is 5.98. The van der Waals surface area contributed by atoms with Crippen LogP contribution in [0.15, 0.2) is 34.9 Å². The van der Waals surface area contributed by atoms with Gasteiger partial charge in [-0.2, -0.15) is 8.42 Å². The third-order valence-electron chi connectivity index (χ3n) is 2.15. The highest BCUT2D eigenvalue weighted by molar-refractivity contribution is 7.86. The molecule has 0 unspecified atom stereocenters. The number of halogens is 1. The van der Waals surface area contributed by atoms with Gasteiger partial charge in [0.15, 0.2) is 0 Å². The number of furan rings is 1. The van der Waals surface area contributed by atoms with Gasteiger partial charge >= 0.3 is 10.2 Å². The van der Waals surface area contributed by atoms with Gasteiger partial charge < -0.3 is 4.42 Å². The molecular weight excluding hydrogens is 219 g/mol. The molecule has 1 aromatic carbocycles. The Bertz CT molecular complexity index is 571. The molecule has 0 bridgehead atoms. The van der Waals surface area contributed by atoms with Gasteiger partial charge in [0, 0.05) is 5.39 Å². The molecule has 2 rings (SSSR count). The van der Waals surface area contributed by atoms with E-state index in [1.165, 1.54) is 0 Å². The number of rotatable bonds is 3. The molecular formula is C10H9FO3S. The van der Waals surface area contributed by atoms with Crippen LogP contribution in [0.25, 0.3) is 11.0 Å². The minimum absolute atomic E-state index is 0.181. The Morgan fingerprint density at radius 2 is 2.07 bits per heavy atom. The Morgan fingerprint density at radius 1 is 1.27 bits per heavy atom. The first-order chi connectivity index (χ1) is 7.04. The van der Waals surface area contributed by atoms with E-state index in [2.05, 4.69) is 0 Å². The molecule has 0 aliphatic heterocycles. The summed E-state index contributed by atoms with van der Waals surface area (Å²) in [7, 11) is -4.39. The quantitative estimate of drug-likeness (QED) is 0.757. The predicted molar refractivity (Wildman–Crippen MR) is 54.8 cm³/mol. The van der Waals surface area contributed by atoms with E-state index in [0.717, 1.165) is 16.5 Å². The molecule has 0 saturated heterocycles. The van der Waals surface area contributed by atoms with Gasteiger partial charge in [0.05, 0.1) is 12.0 Å². The fourth-order valence-electron chi connectivity index (χ4n) is 1.41. The van der Waals surface area contributed by atoms with Crippen LogP contribution < -0.4 is 0 Å². The van der Waals surface area contributed by atoms with E-state index in [-0.39, 0.29) is 6.42 Å². The van der Waals surface area contributed by atoms with E-state index < -0.39 is 16.0 Å². The minimum atomic E-state index is -4.39. The zero-order valence-corrected chi connectivity index (χ0v) is 8.63. The number of hydrogen-bond donors (Lipinski definition) is 0. The van der Waals surface area contributed by atoms with E-state index in [1.807, 2.05) is 0 Å². The van der Waals surface area contributed by atoms with E-state index in [9.17, 15) is 12.3 Å². The van der Waals surface area contributed by atoms with Crippen molar-refractivity contribution in [1.82, 2.24) is 0 Å². The summed E-state index contributed by atoms with van der Waals surface area (Å²) in [5.74, 6) is -0.476. The molecule has 0 amide bonds. The van der Waals surface area contributed by atoms with Crippen molar-refractivity contribution in [3.05, 3.63) is 36.1 Å². The van der Waals surface area contributed by atoms with Crippen molar-refractivity contribution < 1.29 is 16.7 Å². The standard InChI is InChI=1S/C10H9FO3S/c11-15(12,13)6-4-8-1-2-10-9(7-8)3-5-14-10/h1-3,5,7H,4,6H2. The second kappa shape index (κ2) is 3.66. The molecule has 1 aromatic heterocycles. The third-order valence-corrected chi connectivity index (χ3v) is 2.84. The molecule has 0 atom stereocenters. The average molecular weight is 228 g/mol. The third kappa shape index (κ3) is 2.56. The van der Waals surface area contributed by atoms with Crippen molar-refractivity contribution in [2.45, 2.75) is 6.42 Å². The molecule has 0 aliphatic rings. The molecule has 5 heteroatoms. The molecule has 0 spiro atoms. The summed E-state index contributed by atoms with van der Waals surface area (Å²) >= 11 is 0. The van der Waals surface area contributed by atoms with Crippen LogP contribution in [0.2, 0.25) is 0 Å². The van der Waals surface area contributed by atoms with Gasteiger partial charge in [-0.05, 0) is 30.2 Å². The van der Waals surface area contributed by atoms with Crippen molar-refractivity contribution in [3.63, 3.8) is 0 Å². The molecule has 3 nitrogen and oxygen atoms in total. The summed E-state index contributed by atoms with van der Waals surface area (Å²) in [4.78, 5) is 0. The first kappa shape index (κ1) is 10.2. The maximum atomic E-state index is 12.3. The monoisotopic (exact) mass is 228 g/mol. The zero-order chi connectivity index (χ0) is 10.9. The van der Waals surface area contributed by atoms with Crippen LogP contribution >= 0.6 is 0 Å². The molecule has 0 saturated carbocycles. The second-order valence-electron chi connectivity index (χ2n) is 3.29. The van der Waals surface area contributed by atoms with Crippen LogP contribution in [0, 0.1) is 0 Å². The number of aryl methyl sites for hydroxylation is 1. The summed E-state index contributed by atoms with van der Waals surface area (Å²) in [6, 6.07) is 7.05. The summed E-state index contributed by atoms with van der Waals surface area (Å²) in [5, 5.41) is 0.892. The predicted octanol–water partition coefficient (Wildman–Crippen LogP) is 2.27. The van der Waals surface area contributed by atoms with Crippen molar-refractivity contribution >= 4 is 21.2 Å².